The predicted octanol–water partition coefficient (Wildman–Crippen LogP) is 3.38. The summed E-state index contributed by atoms with van der Waals surface area (Å²) in [4.78, 5) is 0. The average molecular weight is 235 g/mol. The van der Waals surface area contributed by atoms with Gasteiger partial charge in [-0.15, -0.1) is 0 Å². The largest absolute Gasteiger partial charge is 0.377 e. The van der Waals surface area contributed by atoms with Crippen LogP contribution in [0.15, 0.2) is 18.2 Å². The maximum atomic E-state index is 5.40. The number of rotatable bonds is 5. The second kappa shape index (κ2) is 5.65. The molecule has 1 atom stereocenters. The third kappa shape index (κ3) is 4.14. The van der Waals surface area contributed by atoms with Gasteiger partial charge in [-0.25, -0.2) is 0 Å². The van der Waals surface area contributed by atoms with Crippen LogP contribution < -0.4 is 5.32 Å². The molecule has 0 aliphatic carbocycles. The van der Waals surface area contributed by atoms with Crippen LogP contribution in [-0.4, -0.2) is 19.3 Å². The molecule has 0 saturated carbocycles. The molecule has 2 nitrogen and oxygen atoms in total. The minimum Gasteiger partial charge on any atom is -0.377 e. The molecule has 0 bridgehead atoms. The van der Waals surface area contributed by atoms with Crippen LogP contribution in [0.3, 0.4) is 0 Å². The van der Waals surface area contributed by atoms with Gasteiger partial charge in [-0.3, -0.25) is 0 Å². The highest BCUT2D eigenvalue weighted by Crippen LogP contribution is 2.17. The maximum absolute atomic E-state index is 5.40. The summed E-state index contributed by atoms with van der Waals surface area (Å²) < 4.78 is 5.40. The summed E-state index contributed by atoms with van der Waals surface area (Å²) in [6.07, 6.45) is 0. The summed E-state index contributed by atoms with van der Waals surface area (Å²) >= 11 is 0. The third-order valence-corrected chi connectivity index (χ3v) is 3.42. The lowest BCUT2D eigenvalue weighted by molar-refractivity contribution is 0.0214. The van der Waals surface area contributed by atoms with Gasteiger partial charge in [0.1, 0.15) is 0 Å². The van der Waals surface area contributed by atoms with Crippen molar-refractivity contribution < 1.29 is 4.74 Å². The van der Waals surface area contributed by atoms with Crippen molar-refractivity contribution in [2.24, 2.45) is 0 Å². The van der Waals surface area contributed by atoms with Crippen LogP contribution in [0.2, 0.25) is 0 Å². The normalized spacial score (nSPS) is 13.8. The van der Waals surface area contributed by atoms with E-state index in [9.17, 15) is 0 Å². The molecule has 1 rings (SSSR count). The second-order valence-electron chi connectivity index (χ2n) is 5.41. The van der Waals surface area contributed by atoms with Gasteiger partial charge < -0.3 is 10.1 Å². The number of aryl methyl sites for hydroxylation is 2. The van der Waals surface area contributed by atoms with E-state index in [0.29, 0.717) is 6.04 Å². The summed E-state index contributed by atoms with van der Waals surface area (Å²) in [5, 5.41) is 3.51. The Bertz CT molecular complexity index is 371. The molecule has 2 heteroatoms. The van der Waals surface area contributed by atoms with E-state index in [-0.39, 0.29) is 5.60 Å². The van der Waals surface area contributed by atoms with Gasteiger partial charge in [0.25, 0.3) is 0 Å². The summed E-state index contributed by atoms with van der Waals surface area (Å²) in [5.41, 5.74) is 3.91. The topological polar surface area (TPSA) is 21.3 Å². The molecular formula is C15H25NO. The van der Waals surface area contributed by atoms with Crippen LogP contribution in [0, 0.1) is 13.8 Å². The van der Waals surface area contributed by atoms with E-state index in [2.05, 4.69) is 58.1 Å². The molecule has 0 amide bonds. The van der Waals surface area contributed by atoms with Crippen LogP contribution in [0.1, 0.15) is 43.5 Å². The van der Waals surface area contributed by atoms with E-state index in [0.717, 1.165) is 6.54 Å². The van der Waals surface area contributed by atoms with Gasteiger partial charge >= 0.3 is 0 Å². The minimum absolute atomic E-state index is 0.117. The maximum Gasteiger partial charge on any atom is 0.0746 e. The fourth-order valence-electron chi connectivity index (χ4n) is 1.62. The molecule has 0 aliphatic rings. The van der Waals surface area contributed by atoms with E-state index < -0.39 is 0 Å². The fraction of sp³-hybridized carbons (Fsp3) is 0.600. The summed E-state index contributed by atoms with van der Waals surface area (Å²) in [6.45, 7) is 11.5. The zero-order chi connectivity index (χ0) is 13.1. The Labute approximate surface area is 105 Å². The first-order chi connectivity index (χ1) is 7.85. The monoisotopic (exact) mass is 235 g/mol. The highest BCUT2D eigenvalue weighted by atomic mass is 16.5. The Morgan fingerprint density at radius 1 is 1.24 bits per heavy atom. The Kier molecular flexibility index (Phi) is 4.72. The standard InChI is InChI=1S/C15H25NO/c1-11-7-8-14(9-12(11)2)13(3)16-10-15(4,5)17-6/h7-9,13,16H,10H2,1-6H3. The molecule has 96 valence electrons. The lowest BCUT2D eigenvalue weighted by Gasteiger charge is -2.26. The van der Waals surface area contributed by atoms with Gasteiger partial charge in [0, 0.05) is 19.7 Å². The van der Waals surface area contributed by atoms with Crippen molar-refractivity contribution in [2.75, 3.05) is 13.7 Å². The van der Waals surface area contributed by atoms with Crippen molar-refractivity contribution in [1.29, 1.82) is 0 Å². The van der Waals surface area contributed by atoms with E-state index in [1.807, 2.05) is 0 Å². The van der Waals surface area contributed by atoms with Crippen LogP contribution in [-0.2, 0) is 4.74 Å². The molecule has 0 spiro atoms. The molecule has 0 heterocycles. The van der Waals surface area contributed by atoms with Crippen molar-refractivity contribution in [2.45, 2.75) is 46.3 Å². The Balaban J connectivity index is 2.64. The van der Waals surface area contributed by atoms with E-state index in [1.165, 1.54) is 16.7 Å². The van der Waals surface area contributed by atoms with Gasteiger partial charge in [0.05, 0.1) is 5.60 Å². The lowest BCUT2D eigenvalue weighted by Crippen LogP contribution is -2.37. The van der Waals surface area contributed by atoms with E-state index in [1.54, 1.807) is 7.11 Å². The molecule has 1 unspecified atom stereocenters. The first-order valence-electron chi connectivity index (χ1n) is 6.21. The average Bonchev–Trinajstić information content (AvgIpc) is 2.30. The lowest BCUT2D eigenvalue weighted by atomic mass is 10.0. The Morgan fingerprint density at radius 3 is 2.41 bits per heavy atom. The summed E-state index contributed by atoms with van der Waals surface area (Å²) in [7, 11) is 1.75. The molecule has 1 aromatic rings. The first-order valence-corrected chi connectivity index (χ1v) is 6.21. The van der Waals surface area contributed by atoms with Crippen LogP contribution in [0.4, 0.5) is 0 Å². The molecule has 0 fully saturated rings. The number of hydrogen-bond acceptors (Lipinski definition) is 2. The fourth-order valence-corrected chi connectivity index (χ4v) is 1.62. The highest BCUT2D eigenvalue weighted by Gasteiger charge is 2.17. The van der Waals surface area contributed by atoms with Crippen molar-refractivity contribution >= 4 is 0 Å². The van der Waals surface area contributed by atoms with Gasteiger partial charge in [0.15, 0.2) is 0 Å². The smallest absolute Gasteiger partial charge is 0.0746 e. The SMILES string of the molecule is COC(C)(C)CNC(C)c1ccc(C)c(C)c1. The minimum atomic E-state index is -0.117. The van der Waals surface area contributed by atoms with Gasteiger partial charge in [-0.2, -0.15) is 0 Å². The van der Waals surface area contributed by atoms with Crippen LogP contribution >= 0.6 is 0 Å². The summed E-state index contributed by atoms with van der Waals surface area (Å²) in [6, 6.07) is 6.99. The van der Waals surface area contributed by atoms with Crippen molar-refractivity contribution in [3.63, 3.8) is 0 Å². The van der Waals surface area contributed by atoms with Crippen molar-refractivity contribution in [3.05, 3.63) is 34.9 Å². The molecule has 1 aromatic carbocycles. The van der Waals surface area contributed by atoms with Gasteiger partial charge in [0.2, 0.25) is 0 Å². The van der Waals surface area contributed by atoms with E-state index >= 15 is 0 Å². The Morgan fingerprint density at radius 2 is 1.88 bits per heavy atom. The molecule has 1 N–H and O–H groups in total. The molecule has 0 aromatic heterocycles. The first kappa shape index (κ1) is 14.2. The summed E-state index contributed by atoms with van der Waals surface area (Å²) in [5.74, 6) is 0. The number of benzene rings is 1. The Hall–Kier alpha value is -0.860. The predicted molar refractivity (Wildman–Crippen MR) is 73.4 cm³/mol. The zero-order valence-electron chi connectivity index (χ0n) is 11.9. The molecule has 0 aliphatic heterocycles. The number of nitrogens with one attached hydrogen (secondary N) is 1. The quantitative estimate of drug-likeness (QED) is 0.844. The molecule has 0 radical (unpaired) electrons. The number of ether oxygens (including phenoxy) is 1. The van der Waals surface area contributed by atoms with E-state index in [4.69, 9.17) is 4.74 Å². The highest BCUT2D eigenvalue weighted by molar-refractivity contribution is 5.31. The van der Waals surface area contributed by atoms with Crippen LogP contribution in [0.5, 0.6) is 0 Å². The molecule has 0 saturated heterocycles. The van der Waals surface area contributed by atoms with Gasteiger partial charge in [-0.1, -0.05) is 18.2 Å². The second-order valence-corrected chi connectivity index (χ2v) is 5.41. The van der Waals surface area contributed by atoms with Crippen molar-refractivity contribution in [1.82, 2.24) is 5.32 Å². The molecule has 17 heavy (non-hydrogen) atoms. The van der Waals surface area contributed by atoms with Gasteiger partial charge in [-0.05, 0) is 51.3 Å². The number of methoxy groups -OCH3 is 1. The van der Waals surface area contributed by atoms with Crippen LogP contribution in [0.25, 0.3) is 0 Å². The zero-order valence-corrected chi connectivity index (χ0v) is 11.9. The molecular weight excluding hydrogens is 210 g/mol. The third-order valence-electron chi connectivity index (χ3n) is 3.42. The number of hydrogen-bond donors (Lipinski definition) is 1. The van der Waals surface area contributed by atoms with Crippen molar-refractivity contribution in [3.8, 4) is 0 Å².